The Hall–Kier alpha value is -2.62. The van der Waals surface area contributed by atoms with Crippen LogP contribution in [-0.4, -0.2) is 65.8 Å². The molecule has 18 heteroatoms. The van der Waals surface area contributed by atoms with Crippen molar-refractivity contribution in [3.8, 4) is 0 Å². The van der Waals surface area contributed by atoms with Crippen molar-refractivity contribution in [1.82, 2.24) is 0 Å². The summed E-state index contributed by atoms with van der Waals surface area (Å²) in [5, 5.41) is 6.60. The lowest BCUT2D eigenvalue weighted by atomic mass is 9.89. The fraction of sp³-hybridized carbons (Fsp3) is 0.724. The molecular weight excluding hydrogens is 689 g/mol. The summed E-state index contributed by atoms with van der Waals surface area (Å²) in [7, 11) is -17.9. The van der Waals surface area contributed by atoms with Crippen LogP contribution in [0.3, 0.4) is 0 Å². The predicted octanol–water partition coefficient (Wildman–Crippen LogP) is 6.39. The van der Waals surface area contributed by atoms with Gasteiger partial charge in [-0.25, -0.2) is 33.7 Å². The largest absolute Gasteiger partial charge is 0.227 e. The number of sulfone groups is 4. The molecule has 0 amide bonds. The Kier molecular flexibility index (Phi) is 16.2. The standard InChI is InChI=1S/C29H46N6O8S4/c1-24(32-34-30)22-28(44(36,37)18-9-16-26-12-5-3-6-13-26)46(40,41)20-11-21-47(42,43)29(23-25(2)33-35-31)45(38,39)19-10-17-27-14-7-4-8-15-27/h9-10,16-17,22-23,26-29H,3-8,11-15,18-21H2,1-2H3. The van der Waals surface area contributed by atoms with E-state index in [9.17, 15) is 33.7 Å². The van der Waals surface area contributed by atoms with E-state index in [1.165, 1.54) is 26.0 Å². The Bertz CT molecular complexity index is 1600. The number of allylic oxidation sites excluding steroid dienone is 4. The maximum absolute atomic E-state index is 13.4. The lowest BCUT2D eigenvalue weighted by molar-refractivity contribution is 0.419. The summed E-state index contributed by atoms with van der Waals surface area (Å²) >= 11 is 0. The minimum Gasteiger partial charge on any atom is -0.227 e. The van der Waals surface area contributed by atoms with E-state index in [4.69, 9.17) is 11.1 Å². The highest BCUT2D eigenvalue weighted by atomic mass is 32.3. The van der Waals surface area contributed by atoms with Gasteiger partial charge in [-0.2, -0.15) is 0 Å². The second-order valence-electron chi connectivity index (χ2n) is 12.1. The average molecular weight is 735 g/mol. The summed E-state index contributed by atoms with van der Waals surface area (Å²) in [4.78, 5) is 5.15. The van der Waals surface area contributed by atoms with Crippen molar-refractivity contribution in [2.24, 2.45) is 22.1 Å². The molecule has 2 fully saturated rings. The minimum absolute atomic E-state index is 0.195. The topological polar surface area (TPSA) is 234 Å². The molecule has 0 saturated heterocycles. The summed E-state index contributed by atoms with van der Waals surface area (Å²) in [6, 6.07) is 0. The number of hydrogen-bond acceptors (Lipinski definition) is 10. The van der Waals surface area contributed by atoms with E-state index in [-0.39, 0.29) is 23.2 Å². The third kappa shape index (κ3) is 13.8. The number of nitrogens with zero attached hydrogens (tertiary/aromatic N) is 6. The number of rotatable bonds is 18. The molecule has 0 N–H and O–H groups in total. The zero-order chi connectivity index (χ0) is 35.1. The minimum atomic E-state index is -4.58. The van der Waals surface area contributed by atoms with E-state index in [2.05, 4.69) is 20.1 Å². The molecule has 0 bridgehead atoms. The molecular formula is C29H46N6O8S4. The van der Waals surface area contributed by atoms with Gasteiger partial charge >= 0.3 is 0 Å². The molecule has 0 aliphatic heterocycles. The van der Waals surface area contributed by atoms with Crippen LogP contribution in [0.15, 0.2) is 58.1 Å². The van der Waals surface area contributed by atoms with Crippen LogP contribution in [0.5, 0.6) is 0 Å². The SMILES string of the molecule is CC(=CC(S(=O)(=O)CC=CC1CCCCC1)S(=O)(=O)CCCS(=O)(=O)C(C=C(C)N=[N+]=[N-])S(=O)(=O)CC=CC1CCCCC1)N=[N+]=[N-]. The molecule has 2 aliphatic rings. The molecule has 264 valence electrons. The Morgan fingerprint density at radius 1 is 0.617 bits per heavy atom. The third-order valence-corrected chi connectivity index (χ3v) is 18.1. The summed E-state index contributed by atoms with van der Waals surface area (Å²) in [5.74, 6) is -2.61. The molecule has 2 atom stereocenters. The molecule has 0 heterocycles. The van der Waals surface area contributed by atoms with Gasteiger partial charge in [-0.3, -0.25) is 0 Å². The molecule has 0 radical (unpaired) electrons. The summed E-state index contributed by atoms with van der Waals surface area (Å²) in [6.07, 6.45) is 17.4. The predicted molar refractivity (Wildman–Crippen MR) is 185 cm³/mol. The molecule has 2 unspecified atom stereocenters. The highest BCUT2D eigenvalue weighted by molar-refractivity contribution is 8.10. The second kappa shape index (κ2) is 18.8. The Morgan fingerprint density at radius 2 is 0.957 bits per heavy atom. The summed E-state index contributed by atoms with van der Waals surface area (Å²) in [6.45, 7) is 2.49. The van der Waals surface area contributed by atoms with Crippen molar-refractivity contribution in [3.05, 3.63) is 68.7 Å². The fourth-order valence-corrected chi connectivity index (χ4v) is 14.9. The monoisotopic (exact) mass is 734 g/mol. The van der Waals surface area contributed by atoms with Crippen molar-refractivity contribution in [2.75, 3.05) is 23.0 Å². The molecule has 0 aromatic carbocycles. The quantitative estimate of drug-likeness (QED) is 0.0660. The van der Waals surface area contributed by atoms with Gasteiger partial charge < -0.3 is 0 Å². The first kappa shape index (κ1) is 40.6. The van der Waals surface area contributed by atoms with Crippen LogP contribution < -0.4 is 0 Å². The van der Waals surface area contributed by atoms with E-state index < -0.39 is 77.9 Å². The van der Waals surface area contributed by atoms with Gasteiger partial charge in [-0.05, 0) is 81.0 Å². The second-order valence-corrected chi connectivity index (χ2v) is 21.5. The van der Waals surface area contributed by atoms with Crippen LogP contribution in [0.2, 0.25) is 0 Å². The van der Waals surface area contributed by atoms with Gasteiger partial charge in [0.2, 0.25) is 0 Å². The van der Waals surface area contributed by atoms with Crippen molar-refractivity contribution in [2.45, 2.75) is 93.6 Å². The van der Waals surface area contributed by atoms with Crippen molar-refractivity contribution in [1.29, 1.82) is 0 Å². The van der Waals surface area contributed by atoms with Crippen molar-refractivity contribution < 1.29 is 33.7 Å². The fourth-order valence-electron chi connectivity index (χ4n) is 5.76. The molecule has 0 aromatic heterocycles. The van der Waals surface area contributed by atoms with Crippen LogP contribution in [0.1, 0.15) is 84.5 Å². The zero-order valence-electron chi connectivity index (χ0n) is 27.0. The smallest absolute Gasteiger partial charge is 0.181 e. The zero-order valence-corrected chi connectivity index (χ0v) is 30.2. The first-order valence-corrected chi connectivity index (χ1v) is 22.6. The van der Waals surface area contributed by atoms with E-state index in [1.807, 2.05) is 0 Å². The van der Waals surface area contributed by atoms with E-state index in [1.54, 1.807) is 12.2 Å². The van der Waals surface area contributed by atoms with Gasteiger partial charge in [0.25, 0.3) is 0 Å². The molecule has 14 nitrogen and oxygen atoms in total. The molecule has 2 saturated carbocycles. The van der Waals surface area contributed by atoms with Gasteiger partial charge in [0.15, 0.2) is 48.5 Å². The Balaban J connectivity index is 2.29. The maximum Gasteiger partial charge on any atom is 0.181 e. The van der Waals surface area contributed by atoms with Gasteiger partial charge in [-0.1, -0.05) is 73.1 Å². The van der Waals surface area contributed by atoms with E-state index in [0.717, 1.165) is 76.4 Å². The van der Waals surface area contributed by atoms with Gasteiger partial charge in [0.1, 0.15) is 0 Å². The number of hydrogen-bond donors (Lipinski definition) is 0. The van der Waals surface area contributed by atoms with E-state index >= 15 is 0 Å². The highest BCUT2D eigenvalue weighted by Crippen LogP contribution is 2.27. The molecule has 47 heavy (non-hydrogen) atoms. The Labute approximate surface area is 279 Å². The van der Waals surface area contributed by atoms with Gasteiger partial charge in [0.05, 0.1) is 23.0 Å². The maximum atomic E-state index is 13.4. The van der Waals surface area contributed by atoms with Crippen LogP contribution in [0.25, 0.3) is 20.9 Å². The van der Waals surface area contributed by atoms with Crippen molar-refractivity contribution >= 4 is 39.3 Å². The van der Waals surface area contributed by atoms with Crippen LogP contribution >= 0.6 is 0 Å². The van der Waals surface area contributed by atoms with Gasteiger partial charge in [-0.15, -0.1) is 0 Å². The van der Waals surface area contributed by atoms with Crippen LogP contribution in [-0.2, 0) is 39.3 Å². The van der Waals surface area contributed by atoms with Gasteiger partial charge in [0, 0.05) is 21.2 Å². The van der Waals surface area contributed by atoms with Crippen LogP contribution in [0.4, 0.5) is 0 Å². The molecule has 2 rings (SSSR count). The summed E-state index contributed by atoms with van der Waals surface area (Å²) < 4.78 is 103. The number of azide groups is 2. The van der Waals surface area contributed by atoms with Crippen LogP contribution in [0, 0.1) is 11.8 Å². The normalized spacial score (nSPS) is 19.7. The first-order valence-electron chi connectivity index (χ1n) is 15.7. The Morgan fingerprint density at radius 3 is 1.28 bits per heavy atom. The van der Waals surface area contributed by atoms with Crippen molar-refractivity contribution in [3.63, 3.8) is 0 Å². The lowest BCUT2D eigenvalue weighted by Crippen LogP contribution is -2.35. The first-order chi connectivity index (χ1) is 22.0. The van der Waals surface area contributed by atoms with E-state index in [0.29, 0.717) is 0 Å². The lowest BCUT2D eigenvalue weighted by Gasteiger charge is -2.19. The highest BCUT2D eigenvalue weighted by Gasteiger charge is 2.38. The molecule has 0 aromatic rings. The third-order valence-electron chi connectivity index (χ3n) is 8.21. The summed E-state index contributed by atoms with van der Waals surface area (Å²) in [5.41, 5.74) is 17.1. The molecule has 2 aliphatic carbocycles. The average Bonchev–Trinajstić information content (AvgIpc) is 2.99. The molecule has 0 spiro atoms.